The monoisotopic (exact) mass is 423 g/mol. The summed E-state index contributed by atoms with van der Waals surface area (Å²) in [5.41, 5.74) is 2.76. The van der Waals surface area contributed by atoms with Crippen molar-refractivity contribution in [3.63, 3.8) is 0 Å². The van der Waals surface area contributed by atoms with Crippen LogP contribution in [-0.2, 0) is 11.3 Å². The number of amides is 1. The molecule has 8 heteroatoms. The number of benzene rings is 1. The van der Waals surface area contributed by atoms with Crippen LogP contribution in [0, 0.1) is 5.92 Å². The lowest BCUT2D eigenvalue weighted by Gasteiger charge is -2.07. The Morgan fingerprint density at radius 1 is 1.23 bits per heavy atom. The lowest BCUT2D eigenvalue weighted by Crippen LogP contribution is -2.25. The largest absolute Gasteiger partial charge is 0.463 e. The zero-order valence-electron chi connectivity index (χ0n) is 16.2. The van der Waals surface area contributed by atoms with E-state index >= 15 is 0 Å². The second kappa shape index (κ2) is 8.69. The van der Waals surface area contributed by atoms with Gasteiger partial charge < -0.3 is 15.1 Å². The van der Waals surface area contributed by atoms with E-state index in [1.165, 1.54) is 0 Å². The third kappa shape index (κ3) is 3.94. The number of pyridine rings is 1. The van der Waals surface area contributed by atoms with Crippen LogP contribution >= 0.6 is 12.4 Å². The highest BCUT2D eigenvalue weighted by atomic mass is 35.5. The fourth-order valence-electron chi connectivity index (χ4n) is 3.69. The van der Waals surface area contributed by atoms with Crippen molar-refractivity contribution >= 4 is 35.0 Å². The van der Waals surface area contributed by atoms with Gasteiger partial charge in [0.05, 0.1) is 29.6 Å². The van der Waals surface area contributed by atoms with Crippen LogP contribution in [0.1, 0.15) is 12.0 Å². The van der Waals surface area contributed by atoms with E-state index in [1.807, 2.05) is 41.1 Å². The molecule has 30 heavy (non-hydrogen) atoms. The van der Waals surface area contributed by atoms with Gasteiger partial charge in [0.2, 0.25) is 5.91 Å². The summed E-state index contributed by atoms with van der Waals surface area (Å²) in [6, 6.07) is 15.8. The van der Waals surface area contributed by atoms with Gasteiger partial charge in [-0.15, -0.1) is 12.4 Å². The van der Waals surface area contributed by atoms with Gasteiger partial charge >= 0.3 is 0 Å². The first-order valence-corrected chi connectivity index (χ1v) is 9.74. The number of aromatic nitrogens is 3. The molecule has 0 saturated carbocycles. The molecular formula is C22H22ClN5O2. The number of halogens is 1. The van der Waals surface area contributed by atoms with Gasteiger partial charge in [-0.25, -0.2) is 0 Å². The van der Waals surface area contributed by atoms with Crippen molar-refractivity contribution in [3.05, 3.63) is 66.6 Å². The van der Waals surface area contributed by atoms with Crippen LogP contribution in [0.2, 0.25) is 0 Å². The van der Waals surface area contributed by atoms with Crippen LogP contribution in [0.5, 0.6) is 0 Å². The highest BCUT2D eigenvalue weighted by Crippen LogP contribution is 2.28. The van der Waals surface area contributed by atoms with Gasteiger partial charge in [-0.3, -0.25) is 14.5 Å². The van der Waals surface area contributed by atoms with E-state index in [0.29, 0.717) is 24.7 Å². The molecule has 154 valence electrons. The van der Waals surface area contributed by atoms with Crippen molar-refractivity contribution in [2.24, 2.45) is 5.92 Å². The molecule has 1 aliphatic rings. The molecule has 5 rings (SSSR count). The number of furan rings is 1. The maximum atomic E-state index is 12.6. The third-order valence-electron chi connectivity index (χ3n) is 5.26. The molecule has 4 heterocycles. The van der Waals surface area contributed by atoms with Crippen molar-refractivity contribution in [2.45, 2.75) is 13.0 Å². The van der Waals surface area contributed by atoms with E-state index in [0.717, 1.165) is 35.1 Å². The molecule has 1 aromatic carbocycles. The van der Waals surface area contributed by atoms with E-state index in [9.17, 15) is 4.79 Å². The zero-order chi connectivity index (χ0) is 19.6. The number of carbonyl (C=O) groups excluding carboxylic acids is 1. The molecule has 0 aliphatic carbocycles. The Bertz CT molecular complexity index is 1140. The normalized spacial score (nSPS) is 15.8. The number of hydrogen-bond acceptors (Lipinski definition) is 5. The zero-order valence-corrected chi connectivity index (χ0v) is 17.1. The minimum Gasteiger partial charge on any atom is -0.463 e. The van der Waals surface area contributed by atoms with E-state index in [2.05, 4.69) is 27.8 Å². The van der Waals surface area contributed by atoms with Crippen LogP contribution in [-0.4, -0.2) is 33.8 Å². The second-order valence-corrected chi connectivity index (χ2v) is 7.23. The summed E-state index contributed by atoms with van der Waals surface area (Å²) in [6.07, 6.45) is 4.23. The van der Waals surface area contributed by atoms with Gasteiger partial charge in [0.15, 0.2) is 11.6 Å². The minimum atomic E-state index is -0.0281. The fraction of sp³-hybridized carbons (Fsp3) is 0.227. The van der Waals surface area contributed by atoms with Gasteiger partial charge in [-0.05, 0) is 36.7 Å². The molecular weight excluding hydrogens is 402 g/mol. The summed E-state index contributed by atoms with van der Waals surface area (Å²) in [7, 11) is 0. The first-order chi connectivity index (χ1) is 14.3. The van der Waals surface area contributed by atoms with Crippen LogP contribution < -0.4 is 10.6 Å². The van der Waals surface area contributed by atoms with Gasteiger partial charge in [0, 0.05) is 12.7 Å². The molecule has 7 nitrogen and oxygen atoms in total. The third-order valence-corrected chi connectivity index (χ3v) is 5.26. The second-order valence-electron chi connectivity index (χ2n) is 7.23. The SMILES string of the molecule is Cl.O=C(Nc1nn(Cc2ccccc2)c2cc(-c3ccco3)ncc12)C1CCNC1. The van der Waals surface area contributed by atoms with Crippen molar-refractivity contribution in [3.8, 4) is 11.5 Å². The number of fused-ring (bicyclic) bond motifs is 1. The Balaban J connectivity index is 0.00000218. The van der Waals surface area contributed by atoms with E-state index in [4.69, 9.17) is 9.52 Å². The van der Waals surface area contributed by atoms with Crippen molar-refractivity contribution in [1.82, 2.24) is 20.1 Å². The lowest BCUT2D eigenvalue weighted by molar-refractivity contribution is -0.119. The van der Waals surface area contributed by atoms with Crippen LogP contribution in [0.15, 0.2) is 65.4 Å². The molecule has 0 spiro atoms. The van der Waals surface area contributed by atoms with Crippen molar-refractivity contribution in [1.29, 1.82) is 0 Å². The van der Waals surface area contributed by atoms with Gasteiger partial charge in [-0.1, -0.05) is 30.3 Å². The number of carbonyl (C=O) groups is 1. The molecule has 4 aromatic rings. The molecule has 1 unspecified atom stereocenters. The maximum Gasteiger partial charge on any atom is 0.230 e. The van der Waals surface area contributed by atoms with Gasteiger partial charge in [0.1, 0.15) is 5.69 Å². The number of nitrogens with zero attached hydrogens (tertiary/aromatic N) is 3. The van der Waals surface area contributed by atoms with Crippen molar-refractivity contribution in [2.75, 3.05) is 18.4 Å². The summed E-state index contributed by atoms with van der Waals surface area (Å²) in [5.74, 6) is 1.21. The summed E-state index contributed by atoms with van der Waals surface area (Å²) in [4.78, 5) is 17.2. The first-order valence-electron chi connectivity index (χ1n) is 9.74. The van der Waals surface area contributed by atoms with E-state index in [-0.39, 0.29) is 24.2 Å². The highest BCUT2D eigenvalue weighted by molar-refractivity contribution is 6.01. The van der Waals surface area contributed by atoms with Crippen LogP contribution in [0.25, 0.3) is 22.4 Å². The summed E-state index contributed by atoms with van der Waals surface area (Å²) >= 11 is 0. The number of rotatable bonds is 5. The van der Waals surface area contributed by atoms with E-state index in [1.54, 1.807) is 12.5 Å². The van der Waals surface area contributed by atoms with Crippen molar-refractivity contribution < 1.29 is 9.21 Å². The Morgan fingerprint density at radius 3 is 2.83 bits per heavy atom. The lowest BCUT2D eigenvalue weighted by atomic mass is 10.1. The van der Waals surface area contributed by atoms with Gasteiger partial charge in [0.25, 0.3) is 0 Å². The Hall–Kier alpha value is -3.16. The summed E-state index contributed by atoms with van der Waals surface area (Å²) < 4.78 is 7.40. The van der Waals surface area contributed by atoms with Gasteiger partial charge in [-0.2, -0.15) is 5.10 Å². The molecule has 0 bridgehead atoms. The number of anilines is 1. The molecule has 1 aliphatic heterocycles. The summed E-state index contributed by atoms with van der Waals surface area (Å²) in [5, 5.41) is 11.8. The molecule has 1 saturated heterocycles. The molecule has 1 fully saturated rings. The number of nitrogens with one attached hydrogen (secondary N) is 2. The average Bonchev–Trinajstić information content (AvgIpc) is 3.51. The summed E-state index contributed by atoms with van der Waals surface area (Å²) in [6.45, 7) is 2.17. The Labute approximate surface area is 179 Å². The Kier molecular flexibility index (Phi) is 5.83. The van der Waals surface area contributed by atoms with E-state index < -0.39 is 0 Å². The quantitative estimate of drug-likeness (QED) is 0.511. The molecule has 1 amide bonds. The first kappa shape index (κ1) is 20.1. The predicted molar refractivity (Wildman–Crippen MR) is 118 cm³/mol. The molecule has 3 aromatic heterocycles. The average molecular weight is 424 g/mol. The molecule has 1 atom stereocenters. The molecule has 0 radical (unpaired) electrons. The van der Waals surface area contributed by atoms with Crippen LogP contribution in [0.3, 0.4) is 0 Å². The molecule has 2 N–H and O–H groups in total. The predicted octanol–water partition coefficient (Wildman–Crippen LogP) is 3.71. The minimum absolute atomic E-state index is 0. The number of hydrogen-bond donors (Lipinski definition) is 2. The highest BCUT2D eigenvalue weighted by Gasteiger charge is 2.24. The fourth-order valence-corrected chi connectivity index (χ4v) is 3.69. The standard InChI is InChI=1S/C22H21N5O2.ClH/c28-22(16-8-9-23-12-16)25-21-17-13-24-18(20-7-4-10-29-20)11-19(17)27(26-21)14-15-5-2-1-3-6-15;/h1-7,10-11,13,16,23H,8-9,12,14H2,(H,25,26,28);1H. The maximum absolute atomic E-state index is 12.6. The Morgan fingerprint density at radius 2 is 2.10 bits per heavy atom. The topological polar surface area (TPSA) is 85.0 Å². The van der Waals surface area contributed by atoms with Crippen LogP contribution in [0.4, 0.5) is 5.82 Å². The smallest absolute Gasteiger partial charge is 0.230 e.